The van der Waals surface area contributed by atoms with E-state index < -0.39 is 86.7 Å². The predicted molar refractivity (Wildman–Crippen MR) is 154 cm³/mol. The number of rotatable bonds is 9. The minimum atomic E-state index is -1.81. The Morgan fingerprint density at radius 2 is 1.47 bits per heavy atom. The molecule has 3 aliphatic heterocycles. The van der Waals surface area contributed by atoms with Crippen LogP contribution in [0, 0.1) is 0 Å². The molecule has 2 fully saturated rings. The summed E-state index contributed by atoms with van der Waals surface area (Å²) >= 11 is 0. The zero-order chi connectivity index (χ0) is 34.2. The van der Waals surface area contributed by atoms with Crippen LogP contribution in [0.4, 0.5) is 0 Å². The van der Waals surface area contributed by atoms with Gasteiger partial charge >= 0.3 is 5.97 Å². The highest BCUT2D eigenvalue weighted by Crippen LogP contribution is 2.47. The van der Waals surface area contributed by atoms with Crippen LogP contribution in [0.15, 0.2) is 36.1 Å². The highest BCUT2D eigenvalue weighted by Gasteiger charge is 2.48. The van der Waals surface area contributed by atoms with Gasteiger partial charge in [-0.05, 0) is 18.2 Å². The molecule has 0 aromatic heterocycles. The molecule has 17 heteroatoms. The molecular weight excluding hydrogens is 632 g/mol. The van der Waals surface area contributed by atoms with Gasteiger partial charge in [0.1, 0.15) is 72.5 Å². The fourth-order valence-corrected chi connectivity index (χ4v) is 5.35. The van der Waals surface area contributed by atoms with Crippen molar-refractivity contribution < 1.29 is 83.9 Å². The van der Waals surface area contributed by atoms with Gasteiger partial charge in [0, 0.05) is 19.1 Å². The normalized spacial score (nSPS) is 33.6. The van der Waals surface area contributed by atoms with E-state index >= 15 is 0 Å². The molecule has 3 aliphatic rings. The molecule has 0 amide bonds. The quantitative estimate of drug-likeness (QED) is 0.103. The predicted octanol–water partition coefficient (Wildman–Crippen LogP) is -1.99. The van der Waals surface area contributed by atoms with E-state index in [0.717, 1.165) is 13.0 Å². The summed E-state index contributed by atoms with van der Waals surface area (Å²) in [5, 5.41) is 93.0. The molecule has 10 N–H and O–H groups in total. The van der Waals surface area contributed by atoms with Gasteiger partial charge < -0.3 is 79.1 Å². The molecule has 0 saturated carbocycles. The van der Waals surface area contributed by atoms with Gasteiger partial charge in [0.15, 0.2) is 17.3 Å². The average Bonchev–Trinajstić information content (AvgIpc) is 3.04. The lowest BCUT2D eigenvalue weighted by Crippen LogP contribution is -2.60. The summed E-state index contributed by atoms with van der Waals surface area (Å²) < 4.78 is 37.9. The van der Waals surface area contributed by atoms with E-state index in [9.17, 15) is 50.8 Å². The SMILES string of the molecule is COc1cc(C2[OH+]c3cc(O)cc(OC4OC(CO)C(O)C(O)C4O)c3C=C2OC2OC(COC(C)=O)C(O)C(O)C2O)ccc1O. The number of carbonyl (C=O) groups excluding carboxylic acids is 1. The lowest BCUT2D eigenvalue weighted by molar-refractivity contribution is -0.296. The minimum absolute atomic E-state index is 0.0477. The van der Waals surface area contributed by atoms with Crippen LogP contribution in [0.3, 0.4) is 0 Å². The van der Waals surface area contributed by atoms with Crippen LogP contribution in [-0.2, 0) is 23.7 Å². The van der Waals surface area contributed by atoms with E-state index in [1.165, 1.54) is 37.5 Å². The minimum Gasteiger partial charge on any atom is -0.571 e. The van der Waals surface area contributed by atoms with Crippen LogP contribution in [0.1, 0.15) is 24.2 Å². The largest absolute Gasteiger partial charge is 0.571 e. The van der Waals surface area contributed by atoms with Crippen LogP contribution < -0.4 is 9.47 Å². The molecule has 0 spiro atoms. The standard InChI is InChI=1S/C30H36O17/c1-11(32)42-10-21-23(36)25(38)27(40)30(47-21)45-19-8-14-16(43-28(19)12-3-4-15(34)18(5-12)41-2)6-13(33)7-17(14)44-29-26(39)24(37)22(35)20(9-31)46-29/h3-8,20-31,33-40H,9-10H2,1-2H3/p+1. The first-order valence-electron chi connectivity index (χ1n) is 14.5. The van der Waals surface area contributed by atoms with E-state index in [1.54, 1.807) is 0 Å². The highest BCUT2D eigenvalue weighted by atomic mass is 16.7. The molecule has 11 unspecified atom stereocenters. The number of methoxy groups -OCH3 is 1. The zero-order valence-corrected chi connectivity index (χ0v) is 25.1. The number of aliphatic hydroxyl groups is 8. The maximum Gasteiger partial charge on any atom is 0.302 e. The topological polar surface area (TPSA) is 267 Å². The Bertz CT molecular complexity index is 1460. The number of ether oxygens (including phenoxy) is 7. The van der Waals surface area contributed by atoms with Gasteiger partial charge in [-0.2, -0.15) is 0 Å². The fraction of sp³-hybridized carbons (Fsp3) is 0.500. The smallest absolute Gasteiger partial charge is 0.302 e. The Hall–Kier alpha value is -3.91. The third-order valence-electron chi connectivity index (χ3n) is 7.91. The number of carbonyl (C=O) groups is 1. The van der Waals surface area contributed by atoms with Crippen molar-refractivity contribution in [1.29, 1.82) is 0 Å². The molecule has 0 bridgehead atoms. The van der Waals surface area contributed by atoms with E-state index in [-0.39, 0.29) is 40.1 Å². The Labute approximate surface area is 266 Å². The first-order valence-corrected chi connectivity index (χ1v) is 14.5. The number of hydrogen-bond acceptors (Lipinski definition) is 16. The number of esters is 1. The van der Waals surface area contributed by atoms with Crippen molar-refractivity contribution in [3.63, 3.8) is 0 Å². The first kappa shape index (κ1) is 34.4. The fourth-order valence-electron chi connectivity index (χ4n) is 5.35. The summed E-state index contributed by atoms with van der Waals surface area (Å²) in [6, 6.07) is 6.74. The number of benzene rings is 2. The number of fused-ring (bicyclic) bond motifs is 1. The Morgan fingerprint density at radius 3 is 2.11 bits per heavy atom. The molecule has 5 rings (SSSR count). The molecule has 17 nitrogen and oxygen atoms in total. The summed E-state index contributed by atoms with van der Waals surface area (Å²) in [6.45, 7) is -0.0452. The molecule has 0 radical (unpaired) electrons. The number of phenols is 2. The second kappa shape index (κ2) is 14.1. The van der Waals surface area contributed by atoms with Crippen molar-refractivity contribution in [1.82, 2.24) is 0 Å². The van der Waals surface area contributed by atoms with Crippen molar-refractivity contribution >= 4 is 12.0 Å². The molecule has 11 atom stereocenters. The number of phenolic OH excluding ortho intramolecular Hbond substituents is 2. The third-order valence-corrected chi connectivity index (χ3v) is 7.91. The lowest BCUT2D eigenvalue weighted by Gasteiger charge is -2.41. The Kier molecular flexibility index (Phi) is 10.3. The second-order valence-electron chi connectivity index (χ2n) is 11.1. The monoisotopic (exact) mass is 669 g/mol. The Morgan fingerprint density at radius 1 is 0.830 bits per heavy atom. The molecule has 47 heavy (non-hydrogen) atoms. The zero-order valence-electron chi connectivity index (χ0n) is 25.1. The van der Waals surface area contributed by atoms with Gasteiger partial charge in [-0.25, -0.2) is 0 Å². The summed E-state index contributed by atoms with van der Waals surface area (Å²) in [6.07, 6.45) is -15.9. The first-order chi connectivity index (χ1) is 22.3. The van der Waals surface area contributed by atoms with Crippen molar-refractivity contribution in [3.05, 3.63) is 47.2 Å². The van der Waals surface area contributed by atoms with Crippen LogP contribution in [0.2, 0.25) is 0 Å². The van der Waals surface area contributed by atoms with Crippen LogP contribution in [0.5, 0.6) is 28.7 Å². The molecule has 0 aliphatic carbocycles. The molecule has 2 aromatic rings. The molecular formula is C30H37O17+. The van der Waals surface area contributed by atoms with E-state index in [4.69, 9.17) is 28.4 Å². The van der Waals surface area contributed by atoms with Crippen molar-refractivity contribution in [2.24, 2.45) is 0 Å². The highest BCUT2D eigenvalue weighted by molar-refractivity contribution is 5.70. The Balaban J connectivity index is 1.54. The number of hydrogen-bond donors (Lipinski definition) is 9. The lowest BCUT2D eigenvalue weighted by atomic mass is 9.98. The average molecular weight is 670 g/mol. The van der Waals surface area contributed by atoms with Gasteiger partial charge in [0.25, 0.3) is 11.9 Å². The van der Waals surface area contributed by atoms with E-state index in [2.05, 4.69) is 4.74 Å². The van der Waals surface area contributed by atoms with Crippen LogP contribution >= 0.6 is 0 Å². The summed E-state index contributed by atoms with van der Waals surface area (Å²) in [5.74, 6) is -1.17. The van der Waals surface area contributed by atoms with Gasteiger partial charge in [-0.1, -0.05) is 0 Å². The van der Waals surface area contributed by atoms with Gasteiger partial charge in [0.05, 0.1) is 25.3 Å². The summed E-state index contributed by atoms with van der Waals surface area (Å²) in [4.78, 5) is 11.4. The van der Waals surface area contributed by atoms with Crippen molar-refractivity contribution in [3.8, 4) is 28.7 Å². The molecule has 258 valence electrons. The maximum absolute atomic E-state index is 11.4. The maximum atomic E-state index is 11.4. The van der Waals surface area contributed by atoms with Gasteiger partial charge in [-0.15, -0.1) is 0 Å². The van der Waals surface area contributed by atoms with Gasteiger partial charge in [-0.3, -0.25) is 4.79 Å². The third kappa shape index (κ3) is 7.03. The number of aliphatic hydroxyl groups excluding tert-OH is 7. The van der Waals surface area contributed by atoms with E-state index in [1.807, 2.05) is 0 Å². The van der Waals surface area contributed by atoms with Crippen molar-refractivity contribution in [2.45, 2.75) is 74.4 Å². The molecule has 2 saturated heterocycles. The molecule has 3 heterocycles. The summed E-state index contributed by atoms with van der Waals surface area (Å²) in [7, 11) is 1.34. The van der Waals surface area contributed by atoms with E-state index in [0.29, 0.717) is 5.56 Å². The molecule has 2 aromatic carbocycles. The number of aromatic hydroxyl groups is 3. The van der Waals surface area contributed by atoms with Crippen molar-refractivity contribution in [2.75, 3.05) is 20.3 Å². The van der Waals surface area contributed by atoms with Crippen LogP contribution in [0.25, 0.3) is 6.08 Å². The van der Waals surface area contributed by atoms with Crippen LogP contribution in [-0.4, -0.2) is 138 Å². The summed E-state index contributed by atoms with van der Waals surface area (Å²) in [5.41, 5.74) is 0.526. The second-order valence-corrected chi connectivity index (χ2v) is 11.1. The van der Waals surface area contributed by atoms with Gasteiger partial charge in [0.2, 0.25) is 12.6 Å².